The molecule has 0 N–H and O–H groups in total. The zero-order valence-corrected chi connectivity index (χ0v) is 11.4. The molecule has 2 fully saturated rings. The summed E-state index contributed by atoms with van der Waals surface area (Å²) in [5.41, 5.74) is -0.262. The fourth-order valence-corrected chi connectivity index (χ4v) is 4.20. The van der Waals surface area contributed by atoms with Crippen LogP contribution in [0.15, 0.2) is 23.1 Å². The molecule has 20 heavy (non-hydrogen) atoms. The van der Waals surface area contributed by atoms with Crippen LogP contribution in [-0.4, -0.2) is 38.0 Å². The number of nitrogens with zero attached hydrogens (tertiary/aromatic N) is 2. The van der Waals surface area contributed by atoms with Crippen LogP contribution in [-0.2, 0) is 14.8 Å². The van der Waals surface area contributed by atoms with Gasteiger partial charge in [-0.25, -0.2) is 12.8 Å². The molecule has 2 heterocycles. The molecule has 0 aromatic heterocycles. The van der Waals surface area contributed by atoms with Gasteiger partial charge < -0.3 is 4.74 Å². The Balaban J connectivity index is 1.94. The van der Waals surface area contributed by atoms with E-state index in [-0.39, 0.29) is 22.7 Å². The van der Waals surface area contributed by atoms with Crippen LogP contribution in [0.2, 0.25) is 0 Å². The third kappa shape index (κ3) is 2.20. The van der Waals surface area contributed by atoms with Crippen LogP contribution in [0.3, 0.4) is 0 Å². The monoisotopic (exact) mass is 296 g/mol. The van der Waals surface area contributed by atoms with E-state index in [0.717, 1.165) is 25.0 Å². The van der Waals surface area contributed by atoms with Crippen LogP contribution >= 0.6 is 0 Å². The third-order valence-electron chi connectivity index (χ3n) is 3.71. The Morgan fingerprint density at radius 3 is 2.55 bits per heavy atom. The number of sulfonamides is 1. The molecule has 5 nitrogen and oxygen atoms in total. The molecule has 2 saturated heterocycles. The summed E-state index contributed by atoms with van der Waals surface area (Å²) in [5, 5.41) is 8.79. The molecule has 2 bridgehead atoms. The Morgan fingerprint density at radius 1 is 1.30 bits per heavy atom. The number of fused-ring (bicyclic) bond motifs is 2. The summed E-state index contributed by atoms with van der Waals surface area (Å²) in [5.74, 6) is -0.714. The standard InChI is InChI=1S/C13H13FN2O3S/c14-13-4-3-12(5-9(13)6-15)20(17,18)16-7-10-1-2-11(8-16)19-10/h3-5,10-11H,1-2,7-8H2. The van der Waals surface area contributed by atoms with Crippen molar-refractivity contribution >= 4 is 10.0 Å². The second kappa shape index (κ2) is 4.81. The number of hydrogen-bond donors (Lipinski definition) is 0. The first-order valence-electron chi connectivity index (χ1n) is 6.36. The van der Waals surface area contributed by atoms with E-state index in [4.69, 9.17) is 10.00 Å². The van der Waals surface area contributed by atoms with Crippen LogP contribution in [0.5, 0.6) is 0 Å². The Morgan fingerprint density at radius 2 is 1.95 bits per heavy atom. The summed E-state index contributed by atoms with van der Waals surface area (Å²) < 4.78 is 45.3. The summed E-state index contributed by atoms with van der Waals surface area (Å²) >= 11 is 0. The second-order valence-corrected chi connectivity index (χ2v) is 6.97. The first-order chi connectivity index (χ1) is 9.50. The summed E-state index contributed by atoms with van der Waals surface area (Å²) in [6.45, 7) is 0.635. The Hall–Kier alpha value is -1.49. The normalized spacial score (nSPS) is 26.4. The lowest BCUT2D eigenvalue weighted by atomic mass is 10.2. The summed E-state index contributed by atoms with van der Waals surface area (Å²) in [7, 11) is -3.70. The van der Waals surface area contributed by atoms with Crippen molar-refractivity contribution in [3.05, 3.63) is 29.6 Å². The highest BCUT2D eigenvalue weighted by atomic mass is 32.2. The van der Waals surface area contributed by atoms with Gasteiger partial charge in [0, 0.05) is 13.1 Å². The van der Waals surface area contributed by atoms with E-state index in [2.05, 4.69) is 0 Å². The average Bonchev–Trinajstić information content (AvgIpc) is 2.77. The van der Waals surface area contributed by atoms with Crippen molar-refractivity contribution < 1.29 is 17.5 Å². The smallest absolute Gasteiger partial charge is 0.243 e. The van der Waals surface area contributed by atoms with Gasteiger partial charge in [-0.2, -0.15) is 9.57 Å². The number of halogens is 1. The molecule has 0 saturated carbocycles. The van der Waals surface area contributed by atoms with Gasteiger partial charge in [0.15, 0.2) is 0 Å². The van der Waals surface area contributed by atoms with Gasteiger partial charge in [-0.15, -0.1) is 0 Å². The maximum atomic E-state index is 13.3. The number of nitriles is 1. The van der Waals surface area contributed by atoms with E-state index >= 15 is 0 Å². The number of benzene rings is 1. The Kier molecular flexibility index (Phi) is 3.24. The molecule has 7 heteroatoms. The number of hydrogen-bond acceptors (Lipinski definition) is 4. The van der Waals surface area contributed by atoms with Crippen LogP contribution in [0.1, 0.15) is 18.4 Å². The van der Waals surface area contributed by atoms with Gasteiger partial charge in [0.05, 0.1) is 22.7 Å². The highest BCUT2D eigenvalue weighted by molar-refractivity contribution is 7.89. The maximum absolute atomic E-state index is 13.3. The van der Waals surface area contributed by atoms with Crippen molar-refractivity contribution in [1.29, 1.82) is 5.26 Å². The summed E-state index contributed by atoms with van der Waals surface area (Å²) in [6, 6.07) is 4.95. The first-order valence-corrected chi connectivity index (χ1v) is 7.80. The second-order valence-electron chi connectivity index (χ2n) is 5.03. The van der Waals surface area contributed by atoms with Crippen molar-refractivity contribution in [2.75, 3.05) is 13.1 Å². The van der Waals surface area contributed by atoms with Crippen LogP contribution in [0.25, 0.3) is 0 Å². The molecular weight excluding hydrogens is 283 g/mol. The molecule has 106 valence electrons. The van der Waals surface area contributed by atoms with E-state index in [9.17, 15) is 12.8 Å². The maximum Gasteiger partial charge on any atom is 0.243 e. The summed E-state index contributed by atoms with van der Waals surface area (Å²) in [4.78, 5) is -0.0447. The lowest BCUT2D eigenvalue weighted by Crippen LogP contribution is -2.45. The first kappa shape index (κ1) is 13.5. The fraction of sp³-hybridized carbons (Fsp3) is 0.462. The predicted octanol–water partition coefficient (Wildman–Crippen LogP) is 1.25. The highest BCUT2D eigenvalue weighted by Crippen LogP contribution is 2.30. The average molecular weight is 296 g/mol. The fourth-order valence-electron chi connectivity index (χ4n) is 2.67. The van der Waals surface area contributed by atoms with Gasteiger partial charge in [-0.3, -0.25) is 0 Å². The Bertz CT molecular complexity index is 671. The third-order valence-corrected chi connectivity index (χ3v) is 5.53. The highest BCUT2D eigenvalue weighted by Gasteiger charge is 2.39. The van der Waals surface area contributed by atoms with Crippen molar-refractivity contribution in [2.24, 2.45) is 0 Å². The van der Waals surface area contributed by atoms with Gasteiger partial charge in [0.25, 0.3) is 0 Å². The largest absolute Gasteiger partial charge is 0.372 e. The molecule has 0 spiro atoms. The van der Waals surface area contributed by atoms with E-state index in [1.54, 1.807) is 6.07 Å². The quantitative estimate of drug-likeness (QED) is 0.823. The SMILES string of the molecule is N#Cc1cc(S(=O)(=O)N2CC3CCC(C2)O3)ccc1F. The lowest BCUT2D eigenvalue weighted by molar-refractivity contribution is -0.0114. The molecule has 0 aliphatic carbocycles. The number of rotatable bonds is 2. The molecule has 1 aromatic carbocycles. The van der Waals surface area contributed by atoms with Gasteiger partial charge in [0.1, 0.15) is 11.9 Å². The molecule has 2 aliphatic rings. The minimum Gasteiger partial charge on any atom is -0.372 e. The number of ether oxygens (including phenoxy) is 1. The van der Waals surface area contributed by atoms with Gasteiger partial charge in [0.2, 0.25) is 10.0 Å². The minimum absolute atomic E-state index is 0.0447. The molecule has 1 aromatic rings. The van der Waals surface area contributed by atoms with Gasteiger partial charge in [-0.05, 0) is 31.0 Å². The molecule has 3 rings (SSSR count). The van der Waals surface area contributed by atoms with E-state index < -0.39 is 15.8 Å². The molecule has 0 amide bonds. The summed E-state index contributed by atoms with van der Waals surface area (Å²) in [6.07, 6.45) is 1.62. The van der Waals surface area contributed by atoms with Crippen LogP contribution in [0, 0.1) is 17.1 Å². The topological polar surface area (TPSA) is 70.4 Å². The van der Waals surface area contributed by atoms with Crippen LogP contribution < -0.4 is 0 Å². The van der Waals surface area contributed by atoms with Crippen molar-refractivity contribution in [1.82, 2.24) is 4.31 Å². The van der Waals surface area contributed by atoms with Crippen molar-refractivity contribution in [3.8, 4) is 6.07 Å². The lowest BCUT2D eigenvalue weighted by Gasteiger charge is -2.31. The minimum atomic E-state index is -3.70. The molecule has 0 radical (unpaired) electrons. The molecule has 2 aliphatic heterocycles. The molecule has 2 unspecified atom stereocenters. The van der Waals surface area contributed by atoms with Gasteiger partial charge >= 0.3 is 0 Å². The molecule has 2 atom stereocenters. The Labute approximate surface area is 116 Å². The number of morpholine rings is 1. The zero-order valence-electron chi connectivity index (χ0n) is 10.6. The van der Waals surface area contributed by atoms with Crippen molar-refractivity contribution in [3.63, 3.8) is 0 Å². The van der Waals surface area contributed by atoms with E-state index in [1.165, 1.54) is 10.4 Å². The molecular formula is C13H13FN2O3S. The van der Waals surface area contributed by atoms with Crippen molar-refractivity contribution in [2.45, 2.75) is 29.9 Å². The van der Waals surface area contributed by atoms with Crippen LogP contribution in [0.4, 0.5) is 4.39 Å². The predicted molar refractivity (Wildman–Crippen MR) is 67.8 cm³/mol. The van der Waals surface area contributed by atoms with E-state index in [1.807, 2.05) is 0 Å². The van der Waals surface area contributed by atoms with Gasteiger partial charge in [-0.1, -0.05) is 0 Å². The van der Waals surface area contributed by atoms with E-state index in [0.29, 0.717) is 13.1 Å². The zero-order chi connectivity index (χ0) is 14.3.